The molecule has 18 heavy (non-hydrogen) atoms. The van der Waals surface area contributed by atoms with E-state index in [1.165, 1.54) is 12.8 Å². The van der Waals surface area contributed by atoms with Gasteiger partial charge in [0.15, 0.2) is 0 Å². The van der Waals surface area contributed by atoms with Gasteiger partial charge in [0.2, 0.25) is 0 Å². The Kier molecular flexibility index (Phi) is 2.74. The lowest BCUT2D eigenvalue weighted by atomic mass is 10.2. The predicted octanol–water partition coefficient (Wildman–Crippen LogP) is 1.73. The second-order valence-corrected chi connectivity index (χ2v) is 5.29. The van der Waals surface area contributed by atoms with Crippen LogP contribution in [-0.4, -0.2) is 34.1 Å². The lowest BCUT2D eigenvalue weighted by Gasteiger charge is -2.19. The van der Waals surface area contributed by atoms with Gasteiger partial charge in [-0.2, -0.15) is 0 Å². The van der Waals surface area contributed by atoms with Crippen molar-refractivity contribution < 1.29 is 0 Å². The highest BCUT2D eigenvalue weighted by atomic mass is 16.1. The molecule has 1 aromatic heterocycles. The van der Waals surface area contributed by atoms with Crippen molar-refractivity contribution in [3.8, 4) is 0 Å². The van der Waals surface area contributed by atoms with E-state index >= 15 is 0 Å². The van der Waals surface area contributed by atoms with E-state index in [1.807, 2.05) is 16.7 Å². The maximum Gasteiger partial charge on any atom is 0.326 e. The molecule has 0 amide bonds. The molecule has 1 aromatic carbocycles. The van der Waals surface area contributed by atoms with Crippen LogP contribution in [0.25, 0.3) is 11.0 Å². The number of imidazole rings is 1. The van der Waals surface area contributed by atoms with Crippen LogP contribution in [0.15, 0.2) is 23.0 Å². The highest BCUT2D eigenvalue weighted by Crippen LogP contribution is 2.20. The summed E-state index contributed by atoms with van der Waals surface area (Å²) in [6.07, 6.45) is 2.42. The molecule has 0 aliphatic carbocycles. The summed E-state index contributed by atoms with van der Waals surface area (Å²) in [4.78, 5) is 17.4. The fourth-order valence-corrected chi connectivity index (χ4v) is 3.00. The molecule has 1 unspecified atom stereocenters. The summed E-state index contributed by atoms with van der Waals surface area (Å²) in [5, 5.41) is 0. The van der Waals surface area contributed by atoms with E-state index in [0.717, 1.165) is 29.7 Å². The first-order valence-electron chi connectivity index (χ1n) is 6.55. The number of nitrogens with zero attached hydrogens (tertiary/aromatic N) is 2. The van der Waals surface area contributed by atoms with Gasteiger partial charge in [-0.05, 0) is 45.0 Å². The van der Waals surface area contributed by atoms with Crippen LogP contribution in [0.2, 0.25) is 0 Å². The fourth-order valence-electron chi connectivity index (χ4n) is 3.00. The molecule has 96 valence electrons. The van der Waals surface area contributed by atoms with Crippen LogP contribution in [-0.2, 0) is 6.54 Å². The Morgan fingerprint density at radius 2 is 2.28 bits per heavy atom. The molecule has 0 spiro atoms. The quantitative estimate of drug-likeness (QED) is 0.875. The van der Waals surface area contributed by atoms with Crippen molar-refractivity contribution in [2.45, 2.75) is 32.4 Å². The van der Waals surface area contributed by atoms with Gasteiger partial charge in [0.25, 0.3) is 0 Å². The van der Waals surface area contributed by atoms with E-state index in [1.54, 1.807) is 0 Å². The number of aryl methyl sites for hydroxylation is 1. The molecule has 2 aromatic rings. The molecule has 0 saturated carbocycles. The van der Waals surface area contributed by atoms with Crippen LogP contribution in [0.5, 0.6) is 0 Å². The molecule has 1 atom stereocenters. The number of rotatable bonds is 2. The number of hydrogen-bond donors (Lipinski definition) is 1. The summed E-state index contributed by atoms with van der Waals surface area (Å²) in [5.74, 6) is 0. The average Bonchev–Trinajstić information content (AvgIpc) is 2.86. The number of hydrogen-bond acceptors (Lipinski definition) is 2. The summed E-state index contributed by atoms with van der Waals surface area (Å²) < 4.78 is 1.90. The molecule has 4 nitrogen and oxygen atoms in total. The van der Waals surface area contributed by atoms with Crippen molar-refractivity contribution in [2.24, 2.45) is 0 Å². The summed E-state index contributed by atoms with van der Waals surface area (Å²) >= 11 is 0. The molecule has 3 rings (SSSR count). The molecule has 1 aliphatic rings. The van der Waals surface area contributed by atoms with Gasteiger partial charge in [-0.25, -0.2) is 4.79 Å². The third-order valence-electron chi connectivity index (χ3n) is 4.06. The monoisotopic (exact) mass is 245 g/mol. The van der Waals surface area contributed by atoms with Gasteiger partial charge in [0.1, 0.15) is 0 Å². The van der Waals surface area contributed by atoms with Crippen LogP contribution in [0.4, 0.5) is 0 Å². The maximum atomic E-state index is 12.1. The summed E-state index contributed by atoms with van der Waals surface area (Å²) in [6.45, 7) is 3.99. The Morgan fingerprint density at radius 3 is 3.00 bits per heavy atom. The second kappa shape index (κ2) is 4.28. The number of nitrogens with one attached hydrogen (secondary N) is 1. The molecular weight excluding hydrogens is 226 g/mol. The SMILES string of the molecule is Cc1cccc2[nH]c(=O)n(CC3CCCN3C)c12. The van der Waals surface area contributed by atoms with E-state index in [0.29, 0.717) is 6.04 Å². The Morgan fingerprint density at radius 1 is 1.44 bits per heavy atom. The van der Waals surface area contributed by atoms with Gasteiger partial charge in [0, 0.05) is 12.6 Å². The average molecular weight is 245 g/mol. The zero-order valence-corrected chi connectivity index (χ0v) is 10.9. The van der Waals surface area contributed by atoms with Crippen molar-refractivity contribution in [3.05, 3.63) is 34.2 Å². The lowest BCUT2D eigenvalue weighted by molar-refractivity contribution is 0.282. The molecular formula is C14H19N3O. The third kappa shape index (κ3) is 1.77. The van der Waals surface area contributed by atoms with E-state index in [-0.39, 0.29) is 5.69 Å². The minimum absolute atomic E-state index is 0.0135. The molecule has 0 bridgehead atoms. The first kappa shape index (κ1) is 11.5. The Bertz CT molecular complexity index is 625. The van der Waals surface area contributed by atoms with Crippen molar-refractivity contribution >= 4 is 11.0 Å². The summed E-state index contributed by atoms with van der Waals surface area (Å²) in [5.41, 5.74) is 3.18. The van der Waals surface area contributed by atoms with Crippen LogP contribution in [0.3, 0.4) is 0 Å². The second-order valence-electron chi connectivity index (χ2n) is 5.29. The summed E-state index contributed by atoms with van der Waals surface area (Å²) in [7, 11) is 2.14. The number of likely N-dealkylation sites (tertiary alicyclic amines) is 1. The Hall–Kier alpha value is -1.55. The normalized spacial score (nSPS) is 20.9. The molecule has 4 heteroatoms. The first-order chi connectivity index (χ1) is 8.66. The molecule has 0 radical (unpaired) electrons. The molecule has 1 saturated heterocycles. The zero-order chi connectivity index (χ0) is 12.7. The summed E-state index contributed by atoms with van der Waals surface area (Å²) in [6, 6.07) is 6.50. The van der Waals surface area contributed by atoms with Gasteiger partial charge >= 0.3 is 5.69 Å². The van der Waals surface area contributed by atoms with Crippen molar-refractivity contribution in [1.29, 1.82) is 0 Å². The smallest absolute Gasteiger partial charge is 0.306 e. The van der Waals surface area contributed by atoms with Gasteiger partial charge < -0.3 is 9.88 Å². The zero-order valence-electron chi connectivity index (χ0n) is 10.9. The first-order valence-corrected chi connectivity index (χ1v) is 6.55. The topological polar surface area (TPSA) is 41.0 Å². The maximum absolute atomic E-state index is 12.1. The van der Waals surface area contributed by atoms with Crippen molar-refractivity contribution in [2.75, 3.05) is 13.6 Å². The molecule has 2 heterocycles. The van der Waals surface area contributed by atoms with E-state index in [2.05, 4.69) is 29.9 Å². The molecule has 1 N–H and O–H groups in total. The van der Waals surface area contributed by atoms with E-state index in [4.69, 9.17) is 0 Å². The predicted molar refractivity (Wildman–Crippen MR) is 72.9 cm³/mol. The van der Waals surface area contributed by atoms with E-state index < -0.39 is 0 Å². The van der Waals surface area contributed by atoms with Gasteiger partial charge in [-0.3, -0.25) is 4.57 Å². The number of para-hydroxylation sites is 1. The van der Waals surface area contributed by atoms with Crippen LogP contribution in [0.1, 0.15) is 18.4 Å². The number of fused-ring (bicyclic) bond motifs is 1. The minimum atomic E-state index is 0.0135. The van der Waals surface area contributed by atoms with Gasteiger partial charge in [-0.1, -0.05) is 12.1 Å². The molecule has 1 fully saturated rings. The standard InChI is InChI=1S/C14H19N3O/c1-10-5-3-7-12-13(10)17(14(18)15-12)9-11-6-4-8-16(11)2/h3,5,7,11H,4,6,8-9H2,1-2H3,(H,15,18). The van der Waals surface area contributed by atoms with Crippen LogP contribution < -0.4 is 5.69 Å². The minimum Gasteiger partial charge on any atom is -0.306 e. The molecule has 1 aliphatic heterocycles. The fraction of sp³-hybridized carbons (Fsp3) is 0.500. The van der Waals surface area contributed by atoms with E-state index in [9.17, 15) is 4.79 Å². The largest absolute Gasteiger partial charge is 0.326 e. The van der Waals surface area contributed by atoms with Crippen molar-refractivity contribution in [3.63, 3.8) is 0 Å². The number of H-pyrrole nitrogens is 1. The Labute approximate surface area is 106 Å². The van der Waals surface area contributed by atoms with Crippen LogP contribution in [0, 0.1) is 6.92 Å². The number of benzene rings is 1. The number of aromatic amines is 1. The third-order valence-corrected chi connectivity index (χ3v) is 4.06. The number of likely N-dealkylation sites (N-methyl/N-ethyl adjacent to an activating group) is 1. The van der Waals surface area contributed by atoms with Gasteiger partial charge in [0.05, 0.1) is 11.0 Å². The van der Waals surface area contributed by atoms with Gasteiger partial charge in [-0.15, -0.1) is 0 Å². The van der Waals surface area contributed by atoms with Crippen molar-refractivity contribution in [1.82, 2.24) is 14.5 Å². The highest BCUT2D eigenvalue weighted by molar-refractivity contribution is 5.78. The Balaban J connectivity index is 2.06. The number of aromatic nitrogens is 2. The lowest BCUT2D eigenvalue weighted by Crippen LogP contribution is -2.32. The highest BCUT2D eigenvalue weighted by Gasteiger charge is 2.22. The van der Waals surface area contributed by atoms with Crippen LogP contribution >= 0.6 is 0 Å².